The van der Waals surface area contributed by atoms with Crippen LogP contribution >= 0.6 is 23.4 Å². The van der Waals surface area contributed by atoms with Crippen molar-refractivity contribution in [2.75, 3.05) is 12.8 Å². The van der Waals surface area contributed by atoms with Crippen molar-refractivity contribution in [3.63, 3.8) is 0 Å². The molecular formula is C17H31ClN2O5S. The largest absolute Gasteiger partial charge is 0.388 e. The van der Waals surface area contributed by atoms with Crippen molar-refractivity contribution in [1.82, 2.24) is 10.6 Å². The number of hydrogen-bond acceptors (Lipinski definition) is 7. The Labute approximate surface area is 175 Å². The number of thioether (sulfide) groups is 1. The molecule has 0 aromatic rings. The minimum Gasteiger partial charge on any atom is -0.388 e. The van der Waals surface area contributed by atoms with Crippen molar-refractivity contribution in [2.24, 2.45) is 5.89 Å². The number of alkyl halides is 1. The van der Waals surface area contributed by atoms with Gasteiger partial charge in [0.25, 0.3) is 0 Å². The molecule has 0 aromatic heterocycles. The van der Waals surface area contributed by atoms with Crippen LogP contribution in [0.5, 0.6) is 0 Å². The molecule has 2 saturated heterocycles. The van der Waals surface area contributed by atoms with Crippen molar-refractivity contribution in [1.29, 1.82) is 0 Å². The fraction of sp³-hybridized carbons (Fsp3) is 0.941. The van der Waals surface area contributed by atoms with Gasteiger partial charge in [-0.25, -0.2) is 0 Å². The minimum absolute atomic E-state index is 0.554. The first-order valence-corrected chi connectivity index (χ1v) is 9.96. The number of aliphatic hydroxyl groups excluding tert-OH is 3. The smallest absolute Gasteiger partial charge is 0.237 e. The summed E-state index contributed by atoms with van der Waals surface area (Å²) in [6.07, 6.45) is -11.6. The molecule has 0 saturated carbocycles. The second-order valence-corrected chi connectivity index (χ2v) is 7.68. The van der Waals surface area contributed by atoms with E-state index in [1.807, 2.05) is 5.32 Å². The summed E-state index contributed by atoms with van der Waals surface area (Å²) in [6.45, 7) is -0.498. The van der Waals surface area contributed by atoms with Crippen LogP contribution in [0.3, 0.4) is 0 Å². The number of carbonyl (C=O) groups excluding carboxylic acids is 1. The van der Waals surface area contributed by atoms with Crippen LogP contribution in [-0.4, -0.2) is 81.3 Å². The summed E-state index contributed by atoms with van der Waals surface area (Å²) < 4.78 is 71.8. The Hall–Kier alpha value is -0.0900. The number of nitrogens with one attached hydrogen (secondary N) is 2. The molecule has 0 radical (unpaired) electrons. The quantitative estimate of drug-likeness (QED) is 0.387. The summed E-state index contributed by atoms with van der Waals surface area (Å²) in [4.78, 5) is 13.3. The molecule has 7 nitrogen and oxygen atoms in total. The molecule has 0 aliphatic carbocycles. The van der Waals surface area contributed by atoms with Crippen LogP contribution in [0.1, 0.15) is 44.0 Å². The average Bonchev–Trinajstić information content (AvgIpc) is 2.73. The number of hydrogen-bond donors (Lipinski definition) is 5. The van der Waals surface area contributed by atoms with Gasteiger partial charge in [-0.2, -0.15) is 0 Å². The molecule has 5 N–H and O–H groups in total. The third-order valence-electron chi connectivity index (χ3n) is 4.24. The minimum atomic E-state index is -3.25. The monoisotopic (exact) mass is 418 g/mol. The Bertz CT molecular complexity index is 784. The molecule has 152 valence electrons. The zero-order chi connectivity index (χ0) is 26.7. The molecule has 2 aliphatic heterocycles. The zero-order valence-corrected chi connectivity index (χ0v) is 16.3. The first kappa shape index (κ1) is 13.2. The molecule has 2 aliphatic rings. The van der Waals surface area contributed by atoms with Gasteiger partial charge < -0.3 is 30.7 Å². The normalized spacial score (nSPS) is 56.7. The Morgan fingerprint density at radius 1 is 1.46 bits per heavy atom. The molecule has 9 heteroatoms. The molecule has 1 amide bonds. The SMILES string of the molecule is [2H]C1([2H])N[C@]([2H])(C(=O)NC(C(C)Cl)C2O[C@H](SC)[C@@H](O)[C@H](O)[C@H]2O)C([2H])([2H])[C@]([2H])(CC)C1([2H])[2H]. The predicted molar refractivity (Wildman–Crippen MR) is 102 cm³/mol. The molecule has 0 spiro atoms. The topological polar surface area (TPSA) is 111 Å². The van der Waals surface area contributed by atoms with E-state index in [2.05, 4.69) is 5.32 Å². The maximum absolute atomic E-state index is 13.3. The van der Waals surface area contributed by atoms with Crippen molar-refractivity contribution in [2.45, 2.75) is 80.3 Å². The number of amides is 1. The molecule has 2 fully saturated rings. The fourth-order valence-electron chi connectivity index (χ4n) is 2.72. The first-order chi connectivity index (χ1) is 15.3. The van der Waals surface area contributed by atoms with E-state index in [1.165, 1.54) is 13.8 Å². The van der Waals surface area contributed by atoms with Crippen LogP contribution in [0.25, 0.3) is 0 Å². The average molecular weight is 419 g/mol. The van der Waals surface area contributed by atoms with E-state index >= 15 is 0 Å². The summed E-state index contributed by atoms with van der Waals surface area (Å²) in [7, 11) is 0. The van der Waals surface area contributed by atoms with Gasteiger partial charge in [0.15, 0.2) is 0 Å². The Kier molecular flexibility index (Phi) is 5.03. The van der Waals surface area contributed by atoms with Crippen molar-refractivity contribution >= 4 is 29.3 Å². The van der Waals surface area contributed by atoms with E-state index in [-0.39, 0.29) is 0 Å². The lowest BCUT2D eigenvalue weighted by atomic mass is 9.89. The number of rotatable bonds is 6. The van der Waals surface area contributed by atoms with Crippen LogP contribution in [0.4, 0.5) is 0 Å². The second kappa shape index (κ2) is 9.91. The highest BCUT2D eigenvalue weighted by atomic mass is 35.5. The highest BCUT2D eigenvalue weighted by molar-refractivity contribution is 7.99. The number of carbonyl (C=O) groups is 1. The summed E-state index contributed by atoms with van der Waals surface area (Å²) in [5, 5.41) is 33.8. The lowest BCUT2D eigenvalue weighted by molar-refractivity contribution is -0.205. The van der Waals surface area contributed by atoms with Gasteiger partial charge >= 0.3 is 0 Å². The lowest BCUT2D eigenvalue weighted by Gasteiger charge is -2.44. The van der Waals surface area contributed by atoms with Crippen LogP contribution in [-0.2, 0) is 9.53 Å². The molecule has 0 aromatic carbocycles. The Balaban J connectivity index is 2.48. The predicted octanol–water partition coefficient (Wildman–Crippen LogP) is 0.0473. The maximum Gasteiger partial charge on any atom is 0.237 e. The molecule has 26 heavy (non-hydrogen) atoms. The van der Waals surface area contributed by atoms with Crippen LogP contribution in [0.15, 0.2) is 0 Å². The molecular weight excluding hydrogens is 380 g/mol. The van der Waals surface area contributed by atoms with Crippen LogP contribution in [0, 0.1) is 5.89 Å². The van der Waals surface area contributed by atoms with Crippen molar-refractivity contribution < 1.29 is 35.8 Å². The fourth-order valence-corrected chi connectivity index (χ4v) is 3.61. The van der Waals surface area contributed by atoms with E-state index in [4.69, 9.17) is 27.3 Å². The van der Waals surface area contributed by atoms with E-state index in [9.17, 15) is 20.1 Å². The second-order valence-electron chi connectivity index (χ2n) is 6.06. The third kappa shape index (κ3) is 5.04. The molecule has 2 heterocycles. The first-order valence-electron chi connectivity index (χ1n) is 12.2. The van der Waals surface area contributed by atoms with E-state index in [0.29, 0.717) is 0 Å². The van der Waals surface area contributed by atoms with Crippen LogP contribution in [0.2, 0.25) is 0 Å². The molecule has 3 unspecified atom stereocenters. The van der Waals surface area contributed by atoms with Gasteiger partial charge in [0, 0.05) is 9.60 Å². The summed E-state index contributed by atoms with van der Waals surface area (Å²) in [6, 6.07) is -4.55. The van der Waals surface area contributed by atoms with E-state index < -0.39 is 84.8 Å². The van der Waals surface area contributed by atoms with Crippen molar-refractivity contribution in [3.8, 4) is 0 Å². The molecule has 2 rings (SSSR count). The Morgan fingerprint density at radius 2 is 2.15 bits per heavy atom. The van der Waals surface area contributed by atoms with Gasteiger partial charge in [-0.1, -0.05) is 13.3 Å². The Morgan fingerprint density at radius 3 is 2.73 bits per heavy atom. The maximum atomic E-state index is 13.3. The highest BCUT2D eigenvalue weighted by Gasteiger charge is 2.48. The van der Waals surface area contributed by atoms with Gasteiger partial charge in [0.1, 0.15) is 29.9 Å². The highest BCUT2D eigenvalue weighted by Crippen LogP contribution is 2.30. The van der Waals surface area contributed by atoms with Gasteiger partial charge in [0.2, 0.25) is 5.91 Å². The third-order valence-corrected chi connectivity index (χ3v) is 5.37. The number of aliphatic hydroxyl groups is 3. The zero-order valence-electron chi connectivity index (χ0n) is 22.7. The van der Waals surface area contributed by atoms with Gasteiger partial charge in [-0.15, -0.1) is 23.4 Å². The van der Waals surface area contributed by atoms with Crippen molar-refractivity contribution in [3.05, 3.63) is 0 Å². The van der Waals surface area contributed by atoms with E-state index in [1.54, 1.807) is 6.26 Å². The summed E-state index contributed by atoms with van der Waals surface area (Å²) in [5.74, 6) is -4.32. The standard InChI is InChI=1S/C17H31ClN2O5S/c1-4-9-5-6-19-10(7-9)16(24)20-11(8(2)18)15-13(22)12(21)14(23)17(25-15)26-3/h8-15,17,19,21-23H,4-7H2,1-3H3,(H,20,24)/t8?,9-,10+,11?,12-,13-,14+,15?,17-/m1/s1/i5D2,6D2,7D2,9D,10D. The molecule has 9 atom stereocenters. The molecule has 0 bridgehead atoms. The van der Waals surface area contributed by atoms with E-state index in [0.717, 1.165) is 11.8 Å². The lowest BCUT2D eigenvalue weighted by Crippen LogP contribution is -2.65. The van der Waals surface area contributed by atoms with Crippen LogP contribution < -0.4 is 10.6 Å². The van der Waals surface area contributed by atoms with Gasteiger partial charge in [0.05, 0.1) is 18.8 Å². The summed E-state index contributed by atoms with van der Waals surface area (Å²) in [5.41, 5.74) is -1.01. The number of ether oxygens (including phenoxy) is 1. The number of piperidine rings is 1. The number of halogens is 1. The summed E-state index contributed by atoms with van der Waals surface area (Å²) >= 11 is 7.21. The van der Waals surface area contributed by atoms with Gasteiger partial charge in [-0.05, 0) is 38.3 Å². The van der Waals surface area contributed by atoms with Gasteiger partial charge in [-0.3, -0.25) is 4.79 Å².